The van der Waals surface area contributed by atoms with E-state index in [9.17, 15) is 0 Å². The second-order valence-electron chi connectivity index (χ2n) is 3.37. The lowest BCUT2D eigenvalue weighted by Gasteiger charge is -2.04. The lowest BCUT2D eigenvalue weighted by molar-refractivity contribution is 0.415. The third kappa shape index (κ3) is 2.38. The molecule has 0 saturated heterocycles. The smallest absolute Gasteiger partial charge is 0.118 e. The Morgan fingerprint density at radius 1 is 0.875 bits per heavy atom. The normalized spacial score (nSPS) is 10.1. The van der Waals surface area contributed by atoms with Crippen molar-refractivity contribution in [2.45, 2.75) is 4.90 Å². The van der Waals surface area contributed by atoms with Crippen molar-refractivity contribution in [2.24, 2.45) is 5.14 Å². The van der Waals surface area contributed by atoms with E-state index >= 15 is 0 Å². The third-order valence-corrected chi connectivity index (χ3v) is 2.96. The van der Waals surface area contributed by atoms with Gasteiger partial charge < -0.3 is 4.74 Å². The summed E-state index contributed by atoms with van der Waals surface area (Å²) in [4.78, 5) is 1.07. The monoisotopic (exact) mass is 231 g/mol. The first-order valence-electron chi connectivity index (χ1n) is 4.94. The molecule has 0 saturated carbocycles. The summed E-state index contributed by atoms with van der Waals surface area (Å²) < 4.78 is 5.12. The number of rotatable bonds is 3. The summed E-state index contributed by atoms with van der Waals surface area (Å²) in [5.74, 6) is 0.873. The van der Waals surface area contributed by atoms with E-state index in [0.29, 0.717) is 0 Å². The number of ether oxygens (including phenoxy) is 1. The van der Waals surface area contributed by atoms with Gasteiger partial charge in [0.05, 0.1) is 7.11 Å². The molecule has 0 heterocycles. The predicted octanol–water partition coefficient (Wildman–Crippen LogP) is 3.33. The molecule has 0 aliphatic rings. The Hall–Kier alpha value is -1.45. The summed E-state index contributed by atoms with van der Waals surface area (Å²) >= 11 is 1.26. The van der Waals surface area contributed by atoms with Crippen molar-refractivity contribution in [1.29, 1.82) is 0 Å². The molecule has 0 amide bonds. The van der Waals surface area contributed by atoms with Gasteiger partial charge in [0, 0.05) is 4.90 Å². The topological polar surface area (TPSA) is 35.2 Å². The molecule has 0 bridgehead atoms. The van der Waals surface area contributed by atoms with Crippen molar-refractivity contribution in [3.8, 4) is 16.9 Å². The molecule has 2 rings (SSSR count). The molecule has 0 radical (unpaired) electrons. The molecular formula is C13H13NOS. The zero-order valence-corrected chi connectivity index (χ0v) is 9.83. The Morgan fingerprint density at radius 2 is 1.38 bits per heavy atom. The highest BCUT2D eigenvalue weighted by Crippen LogP contribution is 2.24. The van der Waals surface area contributed by atoms with Crippen molar-refractivity contribution in [3.63, 3.8) is 0 Å². The van der Waals surface area contributed by atoms with Crippen LogP contribution in [-0.2, 0) is 0 Å². The van der Waals surface area contributed by atoms with Gasteiger partial charge in [-0.25, -0.2) is 0 Å². The molecule has 16 heavy (non-hydrogen) atoms. The van der Waals surface area contributed by atoms with Crippen LogP contribution in [0.5, 0.6) is 5.75 Å². The Morgan fingerprint density at radius 3 is 1.81 bits per heavy atom. The molecule has 2 nitrogen and oxygen atoms in total. The largest absolute Gasteiger partial charge is 0.497 e. The van der Waals surface area contributed by atoms with Crippen LogP contribution in [0.15, 0.2) is 53.4 Å². The van der Waals surface area contributed by atoms with Crippen LogP contribution in [0.3, 0.4) is 0 Å². The molecular weight excluding hydrogens is 218 g/mol. The summed E-state index contributed by atoms with van der Waals surface area (Å²) in [6.07, 6.45) is 0. The second kappa shape index (κ2) is 5.05. The molecule has 82 valence electrons. The number of benzene rings is 2. The fourth-order valence-corrected chi connectivity index (χ4v) is 1.80. The number of hydrogen-bond acceptors (Lipinski definition) is 3. The minimum Gasteiger partial charge on any atom is -0.497 e. The highest BCUT2D eigenvalue weighted by atomic mass is 32.2. The standard InChI is InChI=1S/C13H13NOS/c1-15-12-6-2-10(3-7-12)11-4-8-13(16-14)9-5-11/h2-9H,14H2,1H3. The van der Waals surface area contributed by atoms with Crippen LogP contribution in [0.2, 0.25) is 0 Å². The van der Waals surface area contributed by atoms with E-state index in [1.807, 2.05) is 36.4 Å². The predicted molar refractivity (Wildman–Crippen MR) is 68.5 cm³/mol. The maximum Gasteiger partial charge on any atom is 0.118 e. The van der Waals surface area contributed by atoms with Gasteiger partial charge in [0.1, 0.15) is 5.75 Å². The van der Waals surface area contributed by atoms with E-state index < -0.39 is 0 Å². The van der Waals surface area contributed by atoms with Gasteiger partial charge in [0.25, 0.3) is 0 Å². The van der Waals surface area contributed by atoms with Crippen LogP contribution >= 0.6 is 11.9 Å². The zero-order valence-electron chi connectivity index (χ0n) is 9.01. The third-order valence-electron chi connectivity index (χ3n) is 2.41. The van der Waals surface area contributed by atoms with E-state index in [-0.39, 0.29) is 0 Å². The molecule has 0 spiro atoms. The van der Waals surface area contributed by atoms with Crippen LogP contribution < -0.4 is 9.88 Å². The summed E-state index contributed by atoms with van der Waals surface area (Å²) in [5, 5.41) is 5.48. The molecule has 2 aromatic rings. The summed E-state index contributed by atoms with van der Waals surface area (Å²) in [6.45, 7) is 0. The molecule has 2 N–H and O–H groups in total. The lowest BCUT2D eigenvalue weighted by atomic mass is 10.1. The van der Waals surface area contributed by atoms with E-state index in [2.05, 4.69) is 12.1 Å². The van der Waals surface area contributed by atoms with Gasteiger partial charge in [-0.3, -0.25) is 5.14 Å². The molecule has 0 fully saturated rings. The van der Waals surface area contributed by atoms with Crippen LogP contribution in [0.1, 0.15) is 0 Å². The minimum absolute atomic E-state index is 0.873. The van der Waals surface area contributed by atoms with E-state index in [1.165, 1.54) is 23.1 Å². The average molecular weight is 231 g/mol. The number of hydrogen-bond donors (Lipinski definition) is 1. The van der Waals surface area contributed by atoms with Crippen molar-refractivity contribution in [1.82, 2.24) is 0 Å². The number of nitrogens with two attached hydrogens (primary N) is 1. The first-order valence-corrected chi connectivity index (χ1v) is 5.82. The van der Waals surface area contributed by atoms with Crippen LogP contribution in [-0.4, -0.2) is 7.11 Å². The Kier molecular flexibility index (Phi) is 3.49. The fraction of sp³-hybridized carbons (Fsp3) is 0.0769. The van der Waals surface area contributed by atoms with Crippen molar-refractivity contribution in [3.05, 3.63) is 48.5 Å². The molecule has 3 heteroatoms. The van der Waals surface area contributed by atoms with Crippen LogP contribution in [0.4, 0.5) is 0 Å². The van der Waals surface area contributed by atoms with Gasteiger partial charge in [0.15, 0.2) is 0 Å². The van der Waals surface area contributed by atoms with Gasteiger partial charge in [-0.1, -0.05) is 24.3 Å². The van der Waals surface area contributed by atoms with Gasteiger partial charge in [-0.2, -0.15) is 0 Å². The Balaban J connectivity index is 2.28. The van der Waals surface area contributed by atoms with Gasteiger partial charge in [-0.05, 0) is 47.3 Å². The van der Waals surface area contributed by atoms with Crippen LogP contribution in [0, 0.1) is 0 Å². The SMILES string of the molecule is COc1ccc(-c2ccc(SN)cc2)cc1. The van der Waals surface area contributed by atoms with Gasteiger partial charge in [0.2, 0.25) is 0 Å². The van der Waals surface area contributed by atoms with Crippen LogP contribution in [0.25, 0.3) is 11.1 Å². The molecule has 0 aromatic heterocycles. The van der Waals surface area contributed by atoms with Gasteiger partial charge >= 0.3 is 0 Å². The molecule has 0 aliphatic carbocycles. The zero-order chi connectivity index (χ0) is 11.4. The van der Waals surface area contributed by atoms with E-state index in [1.54, 1.807) is 7.11 Å². The molecule has 0 unspecified atom stereocenters. The Labute approximate surface area is 99.6 Å². The van der Waals surface area contributed by atoms with Crippen molar-refractivity contribution in [2.75, 3.05) is 7.11 Å². The molecule has 0 aliphatic heterocycles. The second-order valence-corrected chi connectivity index (χ2v) is 4.08. The average Bonchev–Trinajstić information content (AvgIpc) is 2.39. The first-order chi connectivity index (χ1) is 7.83. The Bertz CT molecular complexity index is 405. The summed E-state index contributed by atoms with van der Waals surface area (Å²) in [7, 11) is 1.67. The lowest BCUT2D eigenvalue weighted by Crippen LogP contribution is -1.83. The quantitative estimate of drug-likeness (QED) is 0.823. The maximum absolute atomic E-state index is 5.48. The molecule has 2 aromatic carbocycles. The summed E-state index contributed by atoms with van der Waals surface area (Å²) in [5.41, 5.74) is 2.36. The van der Waals surface area contributed by atoms with Crippen molar-refractivity contribution >= 4 is 11.9 Å². The number of methoxy groups -OCH3 is 1. The van der Waals surface area contributed by atoms with Crippen molar-refractivity contribution < 1.29 is 4.74 Å². The molecule has 0 atom stereocenters. The minimum atomic E-state index is 0.873. The maximum atomic E-state index is 5.48. The first kappa shape index (κ1) is 11.0. The van der Waals surface area contributed by atoms with E-state index in [4.69, 9.17) is 9.88 Å². The van der Waals surface area contributed by atoms with Gasteiger partial charge in [-0.15, -0.1) is 0 Å². The highest BCUT2D eigenvalue weighted by Gasteiger charge is 1.98. The fourth-order valence-electron chi connectivity index (χ4n) is 1.51. The van der Waals surface area contributed by atoms with E-state index in [0.717, 1.165) is 10.6 Å². The highest BCUT2D eigenvalue weighted by molar-refractivity contribution is 7.97. The summed E-state index contributed by atoms with van der Waals surface area (Å²) in [6, 6.07) is 16.2.